The molecule has 3 aromatic rings. The third-order valence-corrected chi connectivity index (χ3v) is 6.31. The van der Waals surface area contributed by atoms with Gasteiger partial charge in [0, 0.05) is 34.2 Å². The molecular formula is C29H25F7O2. The first-order chi connectivity index (χ1) is 18.1. The molecule has 202 valence electrons. The van der Waals surface area contributed by atoms with Crippen LogP contribution in [0.2, 0.25) is 0 Å². The Hall–Kier alpha value is -3.17. The van der Waals surface area contributed by atoms with Gasteiger partial charge in [0.1, 0.15) is 23.3 Å². The third-order valence-electron chi connectivity index (χ3n) is 6.31. The zero-order valence-corrected chi connectivity index (χ0v) is 20.4. The van der Waals surface area contributed by atoms with Gasteiger partial charge in [0.2, 0.25) is 0 Å². The first-order valence-electron chi connectivity index (χ1n) is 12.1. The lowest BCUT2D eigenvalue weighted by molar-refractivity contribution is -0.206. The molecule has 0 aliphatic carbocycles. The lowest BCUT2D eigenvalue weighted by Gasteiger charge is -2.29. The van der Waals surface area contributed by atoms with Gasteiger partial charge in [-0.2, -0.15) is 13.2 Å². The van der Waals surface area contributed by atoms with Crippen LogP contribution in [0.3, 0.4) is 0 Å². The van der Waals surface area contributed by atoms with Crippen LogP contribution in [0.4, 0.5) is 30.7 Å². The summed E-state index contributed by atoms with van der Waals surface area (Å²) >= 11 is 0. The highest BCUT2D eigenvalue weighted by Gasteiger charge is 2.25. The summed E-state index contributed by atoms with van der Waals surface area (Å²) in [4.78, 5) is 0. The molecule has 1 heterocycles. The smallest absolute Gasteiger partial charge is 0.348 e. The van der Waals surface area contributed by atoms with Crippen molar-refractivity contribution in [3.63, 3.8) is 0 Å². The standard InChI is InChI=1S/C29H25F7O2/c1-2-3-4-17-15-37-28(38-16-17)19-6-8-21(25(31)12-19)18-5-7-22(24(30)11-18)20-13-26(32)23(27(33)14-20)9-10-29(34,35)36/h5-14,17,28H,2-4,15-16H2,1H3/b10-9+. The fourth-order valence-corrected chi connectivity index (χ4v) is 4.30. The van der Waals surface area contributed by atoms with E-state index in [1.165, 1.54) is 24.3 Å². The number of hydrogen-bond donors (Lipinski definition) is 0. The second kappa shape index (κ2) is 11.7. The number of rotatable bonds is 7. The summed E-state index contributed by atoms with van der Waals surface area (Å²) in [5.41, 5.74) is -0.535. The average molecular weight is 539 g/mol. The van der Waals surface area contributed by atoms with Crippen molar-refractivity contribution < 1.29 is 40.2 Å². The minimum Gasteiger partial charge on any atom is -0.348 e. The molecule has 9 heteroatoms. The number of alkyl halides is 3. The number of hydrogen-bond acceptors (Lipinski definition) is 2. The Morgan fingerprint density at radius 2 is 1.37 bits per heavy atom. The number of allylic oxidation sites excluding steroid dienone is 1. The molecule has 0 spiro atoms. The molecule has 0 unspecified atom stereocenters. The van der Waals surface area contributed by atoms with Crippen molar-refractivity contribution in [1.82, 2.24) is 0 Å². The largest absolute Gasteiger partial charge is 0.409 e. The van der Waals surface area contributed by atoms with Gasteiger partial charge in [0.25, 0.3) is 0 Å². The van der Waals surface area contributed by atoms with Gasteiger partial charge in [-0.25, -0.2) is 17.6 Å². The second-order valence-corrected chi connectivity index (χ2v) is 9.17. The van der Waals surface area contributed by atoms with Gasteiger partial charge in [-0.05, 0) is 47.9 Å². The number of benzene rings is 3. The zero-order chi connectivity index (χ0) is 27.4. The van der Waals surface area contributed by atoms with E-state index in [1.54, 1.807) is 6.07 Å². The molecule has 0 bridgehead atoms. The fourth-order valence-electron chi connectivity index (χ4n) is 4.30. The van der Waals surface area contributed by atoms with Crippen molar-refractivity contribution in [2.75, 3.05) is 13.2 Å². The normalized spacial score (nSPS) is 18.3. The number of ether oxygens (including phenoxy) is 2. The van der Waals surface area contributed by atoms with Crippen LogP contribution in [0.15, 0.2) is 54.6 Å². The van der Waals surface area contributed by atoms with Gasteiger partial charge in [-0.1, -0.05) is 44.0 Å². The first-order valence-corrected chi connectivity index (χ1v) is 12.1. The molecular weight excluding hydrogens is 513 g/mol. The molecule has 1 fully saturated rings. The Morgan fingerprint density at radius 1 is 0.789 bits per heavy atom. The minimum atomic E-state index is -4.75. The molecule has 1 aliphatic heterocycles. The maximum Gasteiger partial charge on any atom is 0.409 e. The molecule has 4 rings (SSSR count). The molecule has 0 amide bonds. The molecule has 0 N–H and O–H groups in total. The van der Waals surface area contributed by atoms with Crippen LogP contribution in [0, 0.1) is 29.2 Å². The summed E-state index contributed by atoms with van der Waals surface area (Å²) in [5, 5.41) is 0. The third kappa shape index (κ3) is 6.63. The van der Waals surface area contributed by atoms with Crippen molar-refractivity contribution in [3.8, 4) is 22.3 Å². The van der Waals surface area contributed by atoms with Crippen LogP contribution in [0.5, 0.6) is 0 Å². The van der Waals surface area contributed by atoms with Gasteiger partial charge in [-0.15, -0.1) is 0 Å². The van der Waals surface area contributed by atoms with Crippen molar-refractivity contribution in [2.24, 2.45) is 5.92 Å². The minimum absolute atomic E-state index is 0.0980. The van der Waals surface area contributed by atoms with E-state index in [0.717, 1.165) is 37.5 Å². The molecule has 0 saturated carbocycles. The molecule has 38 heavy (non-hydrogen) atoms. The molecule has 2 nitrogen and oxygen atoms in total. The van der Waals surface area contributed by atoms with Crippen LogP contribution >= 0.6 is 0 Å². The summed E-state index contributed by atoms with van der Waals surface area (Å²) in [6, 6.07) is 9.46. The monoisotopic (exact) mass is 538 g/mol. The predicted molar refractivity (Wildman–Crippen MR) is 130 cm³/mol. The quantitative estimate of drug-likeness (QED) is 0.280. The Balaban J connectivity index is 1.52. The first kappa shape index (κ1) is 27.9. The van der Waals surface area contributed by atoms with E-state index in [1.807, 2.05) is 0 Å². The topological polar surface area (TPSA) is 18.5 Å². The Morgan fingerprint density at radius 3 is 1.95 bits per heavy atom. The molecule has 1 saturated heterocycles. The van der Waals surface area contributed by atoms with Crippen LogP contribution in [0.25, 0.3) is 28.3 Å². The van der Waals surface area contributed by atoms with Crippen LogP contribution in [-0.2, 0) is 9.47 Å². The number of unbranched alkanes of at least 4 members (excludes halogenated alkanes) is 1. The van der Waals surface area contributed by atoms with Crippen LogP contribution in [0.1, 0.15) is 43.6 Å². The van der Waals surface area contributed by atoms with E-state index < -0.39 is 41.3 Å². The van der Waals surface area contributed by atoms with E-state index in [9.17, 15) is 30.7 Å². The van der Waals surface area contributed by atoms with E-state index in [-0.39, 0.29) is 34.4 Å². The molecule has 0 atom stereocenters. The summed E-state index contributed by atoms with van der Waals surface area (Å²) in [6.45, 7) is 3.14. The highest BCUT2D eigenvalue weighted by atomic mass is 19.4. The van der Waals surface area contributed by atoms with E-state index in [0.29, 0.717) is 24.7 Å². The summed E-state index contributed by atoms with van der Waals surface area (Å²) in [7, 11) is 0. The van der Waals surface area contributed by atoms with Gasteiger partial charge >= 0.3 is 6.18 Å². The van der Waals surface area contributed by atoms with Crippen molar-refractivity contribution in [2.45, 2.75) is 38.7 Å². The maximum absolute atomic E-state index is 15.0. The Kier molecular flexibility index (Phi) is 8.57. The summed E-state index contributed by atoms with van der Waals surface area (Å²) in [6.07, 6.45) is -2.31. The lowest BCUT2D eigenvalue weighted by atomic mass is 9.97. The van der Waals surface area contributed by atoms with Crippen LogP contribution < -0.4 is 0 Å². The van der Waals surface area contributed by atoms with E-state index in [4.69, 9.17) is 9.47 Å². The Bertz CT molecular complexity index is 1290. The summed E-state index contributed by atoms with van der Waals surface area (Å²) < 4.78 is 107. The van der Waals surface area contributed by atoms with E-state index in [2.05, 4.69) is 6.92 Å². The lowest BCUT2D eigenvalue weighted by Crippen LogP contribution is -2.27. The highest BCUT2D eigenvalue weighted by molar-refractivity contribution is 5.72. The maximum atomic E-state index is 15.0. The molecule has 0 radical (unpaired) electrons. The molecule has 0 aromatic heterocycles. The predicted octanol–water partition coefficient (Wildman–Crippen LogP) is 9.00. The van der Waals surface area contributed by atoms with Gasteiger partial charge in [0.05, 0.1) is 13.2 Å². The van der Waals surface area contributed by atoms with Gasteiger partial charge in [0.15, 0.2) is 6.29 Å². The van der Waals surface area contributed by atoms with Gasteiger partial charge < -0.3 is 9.47 Å². The summed E-state index contributed by atoms with van der Waals surface area (Å²) in [5.74, 6) is -3.79. The molecule has 3 aromatic carbocycles. The van der Waals surface area contributed by atoms with Gasteiger partial charge in [-0.3, -0.25) is 0 Å². The SMILES string of the molecule is CCCCC1COC(c2ccc(-c3ccc(-c4cc(F)c(/C=C/C(F)(F)F)c(F)c4)c(F)c3)c(F)c2)OC1. The number of halogens is 7. The molecule has 1 aliphatic rings. The second-order valence-electron chi connectivity index (χ2n) is 9.17. The van der Waals surface area contributed by atoms with Crippen LogP contribution in [-0.4, -0.2) is 19.4 Å². The van der Waals surface area contributed by atoms with Crippen molar-refractivity contribution >= 4 is 6.08 Å². The van der Waals surface area contributed by atoms with Crippen molar-refractivity contribution in [3.05, 3.63) is 89.0 Å². The van der Waals surface area contributed by atoms with E-state index >= 15 is 0 Å². The fraction of sp³-hybridized carbons (Fsp3) is 0.310. The van der Waals surface area contributed by atoms with Crippen molar-refractivity contribution in [1.29, 1.82) is 0 Å². The average Bonchev–Trinajstić information content (AvgIpc) is 2.86. The Labute approximate surface area is 215 Å². The highest BCUT2D eigenvalue weighted by Crippen LogP contribution is 2.34. The zero-order valence-electron chi connectivity index (χ0n) is 20.4.